The van der Waals surface area contributed by atoms with E-state index in [-0.39, 0.29) is 0 Å². The molecule has 0 saturated carbocycles. The Balaban J connectivity index is 1.49. The molecule has 2 fully saturated rings. The maximum absolute atomic E-state index is 9.40. The fourth-order valence-electron chi connectivity index (χ4n) is 3.95. The molecule has 1 aromatic heterocycles. The molecule has 2 aliphatic rings. The molecule has 2 saturated heterocycles. The van der Waals surface area contributed by atoms with Crippen molar-refractivity contribution >= 4 is 0 Å². The maximum Gasteiger partial charge on any atom is 0.105 e. The summed E-state index contributed by atoms with van der Waals surface area (Å²) in [6, 6.07) is 0.721. The minimum atomic E-state index is 0.356. The average molecular weight is 306 g/mol. The summed E-state index contributed by atoms with van der Waals surface area (Å²) in [6.45, 7) is 8.11. The number of aliphatic hydroxyl groups is 1. The second kappa shape index (κ2) is 7.11. The Morgan fingerprint density at radius 2 is 2.00 bits per heavy atom. The van der Waals surface area contributed by atoms with Crippen LogP contribution in [-0.2, 0) is 13.6 Å². The van der Waals surface area contributed by atoms with Crippen LogP contribution in [0.1, 0.15) is 37.2 Å². The summed E-state index contributed by atoms with van der Waals surface area (Å²) in [6.07, 6.45) is 6.98. The van der Waals surface area contributed by atoms with Gasteiger partial charge in [0.05, 0.1) is 5.69 Å². The Labute approximate surface area is 133 Å². The van der Waals surface area contributed by atoms with Crippen LogP contribution in [-0.4, -0.2) is 63.3 Å². The first-order chi connectivity index (χ1) is 10.7. The van der Waals surface area contributed by atoms with Crippen molar-refractivity contribution in [3.05, 3.63) is 17.7 Å². The van der Waals surface area contributed by atoms with Gasteiger partial charge in [-0.05, 0) is 45.1 Å². The maximum atomic E-state index is 9.40. The molecule has 0 aromatic carbocycles. The van der Waals surface area contributed by atoms with E-state index < -0.39 is 0 Å². The quantitative estimate of drug-likeness (QED) is 0.913. The lowest BCUT2D eigenvalue weighted by Crippen LogP contribution is -2.48. The van der Waals surface area contributed by atoms with Crippen molar-refractivity contribution < 1.29 is 5.11 Å². The Morgan fingerprint density at radius 1 is 1.23 bits per heavy atom. The molecule has 0 unspecified atom stereocenters. The molecule has 3 heterocycles. The lowest BCUT2D eigenvalue weighted by atomic mass is 9.94. The van der Waals surface area contributed by atoms with E-state index in [1.54, 1.807) is 0 Å². The summed E-state index contributed by atoms with van der Waals surface area (Å²) < 4.78 is 2.20. The van der Waals surface area contributed by atoms with Gasteiger partial charge in [0.15, 0.2) is 0 Å². The fraction of sp³-hybridized carbons (Fsp3) is 0.824. The molecule has 0 aliphatic carbocycles. The predicted molar refractivity (Wildman–Crippen MR) is 87.6 cm³/mol. The van der Waals surface area contributed by atoms with Gasteiger partial charge in [0.1, 0.15) is 5.82 Å². The van der Waals surface area contributed by atoms with E-state index in [9.17, 15) is 5.11 Å². The Hall–Kier alpha value is -0.910. The number of nitrogens with zero attached hydrogens (tertiary/aromatic N) is 4. The van der Waals surface area contributed by atoms with Gasteiger partial charge in [-0.15, -0.1) is 0 Å². The van der Waals surface area contributed by atoms with Crippen LogP contribution in [0.5, 0.6) is 0 Å². The second-order valence-electron chi connectivity index (χ2n) is 7.05. The molecule has 2 aliphatic heterocycles. The lowest BCUT2D eigenvalue weighted by Gasteiger charge is -2.42. The summed E-state index contributed by atoms with van der Waals surface area (Å²) in [5, 5.41) is 9.40. The SMILES string of the molecule is Cc1ncc(CN2CCC(N3CCC[C@H](CO)C3)CC2)n1C. The number of hydrogen-bond acceptors (Lipinski definition) is 4. The molecule has 0 bridgehead atoms. The van der Waals surface area contributed by atoms with E-state index in [0.717, 1.165) is 25.0 Å². The third-order valence-electron chi connectivity index (χ3n) is 5.58. The van der Waals surface area contributed by atoms with Gasteiger partial charge in [-0.25, -0.2) is 4.98 Å². The standard InChI is InChI=1S/C17H30N4O/c1-14-18-10-17(19(14)2)12-20-8-5-16(6-9-20)21-7-3-4-15(11-21)13-22/h10,15-16,22H,3-9,11-13H2,1-2H3/t15-/m0/s1. The van der Waals surface area contributed by atoms with Crippen molar-refractivity contribution in [2.75, 3.05) is 32.8 Å². The van der Waals surface area contributed by atoms with E-state index in [1.807, 2.05) is 6.20 Å². The van der Waals surface area contributed by atoms with Crippen LogP contribution in [0.4, 0.5) is 0 Å². The third-order valence-corrected chi connectivity index (χ3v) is 5.58. The zero-order chi connectivity index (χ0) is 15.5. The minimum absolute atomic E-state index is 0.356. The molecule has 5 heteroatoms. The monoisotopic (exact) mass is 306 g/mol. The molecule has 5 nitrogen and oxygen atoms in total. The van der Waals surface area contributed by atoms with Crippen molar-refractivity contribution in [2.45, 2.75) is 45.2 Å². The highest BCUT2D eigenvalue weighted by Gasteiger charge is 2.28. The summed E-state index contributed by atoms with van der Waals surface area (Å²) in [7, 11) is 2.10. The Kier molecular flexibility index (Phi) is 5.16. The summed E-state index contributed by atoms with van der Waals surface area (Å²) in [5.41, 5.74) is 1.31. The van der Waals surface area contributed by atoms with E-state index >= 15 is 0 Å². The van der Waals surface area contributed by atoms with Crippen molar-refractivity contribution in [3.8, 4) is 0 Å². The van der Waals surface area contributed by atoms with Gasteiger partial charge in [-0.1, -0.05) is 0 Å². The van der Waals surface area contributed by atoms with Crippen molar-refractivity contribution in [1.82, 2.24) is 19.4 Å². The number of rotatable bonds is 4. The zero-order valence-corrected chi connectivity index (χ0v) is 14.0. The smallest absolute Gasteiger partial charge is 0.105 e. The average Bonchev–Trinajstić information content (AvgIpc) is 2.88. The van der Waals surface area contributed by atoms with Crippen LogP contribution in [0, 0.1) is 12.8 Å². The molecule has 1 atom stereocenters. The molecule has 0 radical (unpaired) electrons. The highest BCUT2D eigenvalue weighted by Crippen LogP contribution is 2.24. The molecule has 0 spiro atoms. The third kappa shape index (κ3) is 3.53. The number of aromatic nitrogens is 2. The molecule has 3 rings (SSSR count). The van der Waals surface area contributed by atoms with E-state index in [4.69, 9.17) is 0 Å². The number of hydrogen-bond donors (Lipinski definition) is 1. The van der Waals surface area contributed by atoms with Crippen LogP contribution in [0.15, 0.2) is 6.20 Å². The van der Waals surface area contributed by atoms with Crippen LogP contribution in [0.2, 0.25) is 0 Å². The molecular weight excluding hydrogens is 276 g/mol. The van der Waals surface area contributed by atoms with Gasteiger partial charge in [0.25, 0.3) is 0 Å². The molecule has 22 heavy (non-hydrogen) atoms. The largest absolute Gasteiger partial charge is 0.396 e. The fourth-order valence-corrected chi connectivity index (χ4v) is 3.95. The van der Waals surface area contributed by atoms with E-state index in [2.05, 4.69) is 33.3 Å². The second-order valence-corrected chi connectivity index (χ2v) is 7.05. The number of imidazole rings is 1. The minimum Gasteiger partial charge on any atom is -0.396 e. The summed E-state index contributed by atoms with van der Waals surface area (Å²) in [5.74, 6) is 1.59. The summed E-state index contributed by atoms with van der Waals surface area (Å²) in [4.78, 5) is 9.58. The predicted octanol–water partition coefficient (Wildman–Crippen LogP) is 1.40. The van der Waals surface area contributed by atoms with Crippen molar-refractivity contribution in [2.24, 2.45) is 13.0 Å². The van der Waals surface area contributed by atoms with Gasteiger partial charge in [-0.3, -0.25) is 9.80 Å². The van der Waals surface area contributed by atoms with Gasteiger partial charge in [0.2, 0.25) is 0 Å². The lowest BCUT2D eigenvalue weighted by molar-refractivity contribution is 0.0522. The summed E-state index contributed by atoms with van der Waals surface area (Å²) >= 11 is 0. The van der Waals surface area contributed by atoms with Crippen LogP contribution < -0.4 is 0 Å². The van der Waals surface area contributed by atoms with E-state index in [0.29, 0.717) is 12.5 Å². The van der Waals surface area contributed by atoms with Crippen molar-refractivity contribution in [3.63, 3.8) is 0 Å². The first-order valence-electron chi connectivity index (χ1n) is 8.72. The molecule has 1 aromatic rings. The molecule has 1 N–H and O–H groups in total. The topological polar surface area (TPSA) is 44.5 Å². The number of aryl methyl sites for hydroxylation is 1. The van der Waals surface area contributed by atoms with E-state index in [1.165, 1.54) is 51.0 Å². The molecular formula is C17H30N4O. The zero-order valence-electron chi connectivity index (χ0n) is 14.0. The van der Waals surface area contributed by atoms with Crippen molar-refractivity contribution in [1.29, 1.82) is 0 Å². The molecule has 124 valence electrons. The number of likely N-dealkylation sites (tertiary alicyclic amines) is 2. The highest BCUT2D eigenvalue weighted by molar-refractivity contribution is 5.03. The number of aliphatic hydroxyl groups excluding tert-OH is 1. The highest BCUT2D eigenvalue weighted by atomic mass is 16.3. The Bertz CT molecular complexity index is 479. The molecule has 0 amide bonds. The van der Waals surface area contributed by atoms with Gasteiger partial charge < -0.3 is 9.67 Å². The van der Waals surface area contributed by atoms with Crippen LogP contribution >= 0.6 is 0 Å². The number of piperidine rings is 2. The van der Waals surface area contributed by atoms with Crippen LogP contribution in [0.25, 0.3) is 0 Å². The van der Waals surface area contributed by atoms with Gasteiger partial charge >= 0.3 is 0 Å². The normalized spacial score (nSPS) is 25.7. The van der Waals surface area contributed by atoms with Gasteiger partial charge in [0, 0.05) is 52.1 Å². The van der Waals surface area contributed by atoms with Crippen LogP contribution in [0.3, 0.4) is 0 Å². The Morgan fingerprint density at radius 3 is 2.64 bits per heavy atom. The van der Waals surface area contributed by atoms with Gasteiger partial charge in [-0.2, -0.15) is 0 Å². The first kappa shape index (κ1) is 16.0. The first-order valence-corrected chi connectivity index (χ1v) is 8.72.